The van der Waals surface area contributed by atoms with Crippen LogP contribution in [0.1, 0.15) is 45.1 Å². The minimum absolute atomic E-state index is 0.730. The van der Waals surface area contributed by atoms with Gasteiger partial charge in [-0.2, -0.15) is 0 Å². The van der Waals surface area contributed by atoms with Crippen molar-refractivity contribution in [3.8, 4) is 0 Å². The monoisotopic (exact) mass is 274 g/mol. The molecular weight excluding hydrogens is 244 g/mol. The number of hydrogen-bond donors (Lipinski definition) is 1. The van der Waals surface area contributed by atoms with Crippen LogP contribution in [0.15, 0.2) is 24.3 Å². The van der Waals surface area contributed by atoms with Crippen LogP contribution < -0.4 is 10.2 Å². The van der Waals surface area contributed by atoms with Crippen LogP contribution in [0.2, 0.25) is 0 Å². The molecule has 112 valence electrons. The number of nitrogens with zero attached hydrogens (tertiary/aromatic N) is 1. The van der Waals surface area contributed by atoms with Gasteiger partial charge in [-0.3, -0.25) is 0 Å². The lowest BCUT2D eigenvalue weighted by atomic mass is 10.0. The summed E-state index contributed by atoms with van der Waals surface area (Å²) in [6, 6.07) is 9.65. The number of anilines is 1. The number of benzene rings is 1. The van der Waals surface area contributed by atoms with Crippen molar-refractivity contribution in [1.82, 2.24) is 5.32 Å². The quantitative estimate of drug-likeness (QED) is 0.809. The smallest absolute Gasteiger partial charge is 0.0368 e. The number of nitrogens with one attached hydrogen (secondary N) is 1. The summed E-state index contributed by atoms with van der Waals surface area (Å²) >= 11 is 0. The molecule has 0 aromatic heterocycles. The highest BCUT2D eigenvalue weighted by atomic mass is 15.1. The van der Waals surface area contributed by atoms with Crippen LogP contribution in [0.5, 0.6) is 0 Å². The first-order valence-electron chi connectivity index (χ1n) is 8.29. The third-order valence-electron chi connectivity index (χ3n) is 4.52. The maximum Gasteiger partial charge on any atom is 0.0368 e. The van der Waals surface area contributed by atoms with Gasteiger partial charge >= 0.3 is 0 Å². The Morgan fingerprint density at radius 2 is 2.10 bits per heavy atom. The van der Waals surface area contributed by atoms with E-state index in [1.54, 1.807) is 0 Å². The van der Waals surface area contributed by atoms with Crippen LogP contribution in [0.25, 0.3) is 0 Å². The zero-order chi connectivity index (χ0) is 14.4. The van der Waals surface area contributed by atoms with Crippen LogP contribution >= 0.6 is 0 Å². The molecule has 0 saturated heterocycles. The molecule has 2 nitrogen and oxygen atoms in total. The maximum absolute atomic E-state index is 3.75. The van der Waals surface area contributed by atoms with E-state index in [2.05, 4.69) is 55.3 Å². The Bertz CT molecular complexity index is 402. The van der Waals surface area contributed by atoms with E-state index in [9.17, 15) is 0 Å². The summed E-state index contributed by atoms with van der Waals surface area (Å²) in [5, 5.41) is 3.75. The molecule has 2 unspecified atom stereocenters. The molecule has 0 amide bonds. The van der Waals surface area contributed by atoms with E-state index in [0.717, 1.165) is 25.0 Å². The number of rotatable bonds is 7. The Hall–Kier alpha value is -1.02. The van der Waals surface area contributed by atoms with E-state index in [1.165, 1.54) is 43.5 Å². The average Bonchev–Trinajstić information content (AvgIpc) is 2.89. The van der Waals surface area contributed by atoms with Gasteiger partial charge in [-0.25, -0.2) is 0 Å². The van der Waals surface area contributed by atoms with Crippen molar-refractivity contribution in [2.75, 3.05) is 24.5 Å². The lowest BCUT2D eigenvalue weighted by Crippen LogP contribution is -2.39. The molecule has 1 saturated carbocycles. The van der Waals surface area contributed by atoms with Crippen molar-refractivity contribution in [2.45, 2.75) is 52.5 Å². The van der Waals surface area contributed by atoms with Crippen molar-refractivity contribution in [1.29, 1.82) is 0 Å². The molecular formula is C18H30N2. The fourth-order valence-corrected chi connectivity index (χ4v) is 3.38. The Balaban J connectivity index is 1.98. The van der Waals surface area contributed by atoms with Gasteiger partial charge in [0, 0.05) is 24.8 Å². The third-order valence-corrected chi connectivity index (χ3v) is 4.52. The van der Waals surface area contributed by atoms with Crippen LogP contribution in [0.4, 0.5) is 5.69 Å². The Morgan fingerprint density at radius 3 is 2.80 bits per heavy atom. The lowest BCUT2D eigenvalue weighted by molar-refractivity contribution is 0.400. The second kappa shape index (κ2) is 7.68. The van der Waals surface area contributed by atoms with E-state index < -0.39 is 0 Å². The molecule has 20 heavy (non-hydrogen) atoms. The molecule has 0 bridgehead atoms. The molecule has 0 radical (unpaired) electrons. The van der Waals surface area contributed by atoms with Gasteiger partial charge in [0.15, 0.2) is 0 Å². The predicted molar refractivity (Wildman–Crippen MR) is 88.5 cm³/mol. The molecule has 1 aliphatic carbocycles. The van der Waals surface area contributed by atoms with Crippen molar-refractivity contribution < 1.29 is 0 Å². The topological polar surface area (TPSA) is 15.3 Å². The highest BCUT2D eigenvalue weighted by molar-refractivity contribution is 5.48. The molecule has 2 atom stereocenters. The molecule has 0 aliphatic heterocycles. The zero-order valence-corrected chi connectivity index (χ0v) is 13.4. The summed E-state index contributed by atoms with van der Waals surface area (Å²) in [4.78, 5) is 2.55. The summed E-state index contributed by atoms with van der Waals surface area (Å²) in [5.41, 5.74) is 2.74. The number of aryl methyl sites for hydroxylation is 1. The average molecular weight is 274 g/mol. The van der Waals surface area contributed by atoms with Crippen LogP contribution in [-0.2, 0) is 0 Å². The van der Waals surface area contributed by atoms with Crippen molar-refractivity contribution in [3.63, 3.8) is 0 Å². The summed E-state index contributed by atoms with van der Waals surface area (Å²) in [5.74, 6) is 0.807. The minimum atomic E-state index is 0.730. The Kier molecular flexibility index (Phi) is 5.90. The van der Waals surface area contributed by atoms with Gasteiger partial charge in [-0.1, -0.05) is 25.5 Å². The first kappa shape index (κ1) is 15.4. The van der Waals surface area contributed by atoms with Crippen molar-refractivity contribution in [2.24, 2.45) is 5.92 Å². The van der Waals surface area contributed by atoms with E-state index in [-0.39, 0.29) is 0 Å². The highest BCUT2D eigenvalue weighted by Crippen LogP contribution is 2.28. The standard InChI is InChI=1S/C18H30N2/c1-4-12-19-18-11-7-9-16(18)14-20(5-2)17-10-6-8-15(3)13-17/h6,8,10,13,16,18-19H,4-5,7,9,11-12,14H2,1-3H3. The SMILES string of the molecule is CCCNC1CCCC1CN(CC)c1cccc(C)c1. The van der Waals surface area contributed by atoms with Crippen molar-refractivity contribution in [3.05, 3.63) is 29.8 Å². The van der Waals surface area contributed by atoms with Gasteiger partial charge in [0.25, 0.3) is 0 Å². The largest absolute Gasteiger partial charge is 0.371 e. The van der Waals surface area contributed by atoms with Gasteiger partial charge in [-0.15, -0.1) is 0 Å². The summed E-state index contributed by atoms with van der Waals surface area (Å²) < 4.78 is 0. The van der Waals surface area contributed by atoms with Gasteiger partial charge in [0.05, 0.1) is 0 Å². The van der Waals surface area contributed by atoms with Gasteiger partial charge < -0.3 is 10.2 Å². The molecule has 0 spiro atoms. The summed E-state index contributed by atoms with van der Waals surface area (Å²) in [7, 11) is 0. The molecule has 1 aromatic carbocycles. The number of hydrogen-bond acceptors (Lipinski definition) is 2. The third kappa shape index (κ3) is 3.99. The second-order valence-electron chi connectivity index (χ2n) is 6.13. The predicted octanol–water partition coefficient (Wildman–Crippen LogP) is 3.99. The van der Waals surface area contributed by atoms with Gasteiger partial charge in [-0.05, 0) is 63.3 Å². The van der Waals surface area contributed by atoms with Gasteiger partial charge in [0.1, 0.15) is 0 Å². The maximum atomic E-state index is 3.75. The normalized spacial score (nSPS) is 22.1. The molecule has 1 aliphatic rings. The molecule has 0 heterocycles. The molecule has 2 heteroatoms. The first-order valence-corrected chi connectivity index (χ1v) is 8.29. The minimum Gasteiger partial charge on any atom is -0.371 e. The first-order chi connectivity index (χ1) is 9.74. The highest BCUT2D eigenvalue weighted by Gasteiger charge is 2.28. The van der Waals surface area contributed by atoms with E-state index in [1.807, 2.05) is 0 Å². The molecule has 1 aromatic rings. The second-order valence-corrected chi connectivity index (χ2v) is 6.13. The Morgan fingerprint density at radius 1 is 1.25 bits per heavy atom. The van der Waals surface area contributed by atoms with E-state index in [0.29, 0.717) is 0 Å². The van der Waals surface area contributed by atoms with E-state index in [4.69, 9.17) is 0 Å². The molecule has 1 fully saturated rings. The molecule has 1 N–H and O–H groups in total. The van der Waals surface area contributed by atoms with E-state index >= 15 is 0 Å². The molecule has 2 rings (SSSR count). The fraction of sp³-hybridized carbons (Fsp3) is 0.667. The van der Waals surface area contributed by atoms with Crippen molar-refractivity contribution >= 4 is 5.69 Å². The summed E-state index contributed by atoms with van der Waals surface area (Å²) in [6.45, 7) is 10.2. The van der Waals surface area contributed by atoms with Crippen LogP contribution in [-0.4, -0.2) is 25.7 Å². The summed E-state index contributed by atoms with van der Waals surface area (Å²) in [6.07, 6.45) is 5.36. The van der Waals surface area contributed by atoms with Crippen LogP contribution in [0.3, 0.4) is 0 Å². The zero-order valence-electron chi connectivity index (χ0n) is 13.4. The van der Waals surface area contributed by atoms with Gasteiger partial charge in [0.2, 0.25) is 0 Å². The Labute approximate surface area is 124 Å². The lowest BCUT2D eigenvalue weighted by Gasteiger charge is -2.30. The van der Waals surface area contributed by atoms with Crippen LogP contribution in [0, 0.1) is 12.8 Å². The fourth-order valence-electron chi connectivity index (χ4n) is 3.38.